The van der Waals surface area contributed by atoms with Crippen LogP contribution in [0.2, 0.25) is 0 Å². The number of aryl methyl sites for hydroxylation is 1. The molecule has 0 aromatic carbocycles. The first-order valence-corrected chi connectivity index (χ1v) is 9.87. The van der Waals surface area contributed by atoms with E-state index in [-0.39, 0.29) is 11.7 Å². The Hall–Kier alpha value is -1.74. The third-order valence-electron chi connectivity index (χ3n) is 4.74. The van der Waals surface area contributed by atoms with Gasteiger partial charge in [-0.15, -0.1) is 10.2 Å². The van der Waals surface area contributed by atoms with E-state index in [1.807, 2.05) is 29.3 Å². The Morgan fingerprint density at radius 2 is 2.12 bits per heavy atom. The van der Waals surface area contributed by atoms with Gasteiger partial charge in [-0.05, 0) is 26.7 Å². The van der Waals surface area contributed by atoms with Crippen molar-refractivity contribution >= 4 is 10.0 Å². The van der Waals surface area contributed by atoms with Gasteiger partial charge in [0.25, 0.3) is 0 Å². The summed E-state index contributed by atoms with van der Waals surface area (Å²) in [6, 6.07) is 0. The number of piperidine rings is 1. The highest BCUT2D eigenvalue weighted by Gasteiger charge is 2.31. The van der Waals surface area contributed by atoms with E-state index in [0.717, 1.165) is 30.3 Å². The molecule has 0 N–H and O–H groups in total. The maximum Gasteiger partial charge on any atom is 0.213 e. The lowest BCUT2D eigenvalue weighted by Crippen LogP contribution is -2.40. The third-order valence-corrected chi connectivity index (χ3v) is 6.59. The molecule has 1 atom stereocenters. The Kier molecular flexibility index (Phi) is 4.73. The van der Waals surface area contributed by atoms with E-state index < -0.39 is 10.0 Å². The van der Waals surface area contributed by atoms with E-state index in [2.05, 4.69) is 15.2 Å². The minimum Gasteiger partial charge on any atom is -0.328 e. The van der Waals surface area contributed by atoms with Crippen molar-refractivity contribution in [2.75, 3.05) is 18.8 Å². The van der Waals surface area contributed by atoms with Crippen LogP contribution >= 0.6 is 0 Å². The molecule has 0 saturated carbocycles. The summed E-state index contributed by atoms with van der Waals surface area (Å²) in [5.41, 5.74) is 0. The van der Waals surface area contributed by atoms with E-state index in [1.165, 1.54) is 0 Å². The molecule has 3 heterocycles. The summed E-state index contributed by atoms with van der Waals surface area (Å²) in [4.78, 5) is 4.22. The first kappa shape index (κ1) is 17.1. The van der Waals surface area contributed by atoms with Crippen molar-refractivity contribution in [2.24, 2.45) is 7.05 Å². The third kappa shape index (κ3) is 3.23. The molecule has 0 radical (unpaired) electrons. The molecule has 132 valence electrons. The molecular weight excluding hydrogens is 328 g/mol. The summed E-state index contributed by atoms with van der Waals surface area (Å²) in [6.07, 6.45) is 5.47. The molecule has 8 nitrogen and oxygen atoms in total. The molecule has 1 saturated heterocycles. The molecule has 0 amide bonds. The van der Waals surface area contributed by atoms with E-state index in [1.54, 1.807) is 17.4 Å². The highest BCUT2D eigenvalue weighted by atomic mass is 32.2. The molecule has 0 spiro atoms. The van der Waals surface area contributed by atoms with Crippen LogP contribution in [0.5, 0.6) is 0 Å². The summed E-state index contributed by atoms with van der Waals surface area (Å²) in [5, 5.41) is 8.66. The zero-order valence-electron chi connectivity index (χ0n) is 14.4. The van der Waals surface area contributed by atoms with E-state index in [0.29, 0.717) is 19.6 Å². The largest absolute Gasteiger partial charge is 0.328 e. The number of hydrogen-bond donors (Lipinski definition) is 0. The maximum atomic E-state index is 12.1. The van der Waals surface area contributed by atoms with E-state index >= 15 is 0 Å². The molecule has 1 aliphatic rings. The van der Waals surface area contributed by atoms with Gasteiger partial charge in [-0.3, -0.25) is 0 Å². The quantitative estimate of drug-likeness (QED) is 0.798. The summed E-state index contributed by atoms with van der Waals surface area (Å²) < 4.78 is 29.9. The highest BCUT2D eigenvalue weighted by Crippen LogP contribution is 2.27. The number of aromatic nitrogens is 5. The zero-order chi connectivity index (χ0) is 17.3. The SMILES string of the molecule is CCS(=O)(=O)N1CCC[C@@H](c2nnc(Cn3ccnc3C)n2C)C1. The van der Waals surface area contributed by atoms with Gasteiger partial charge < -0.3 is 9.13 Å². The Labute approximate surface area is 142 Å². The van der Waals surface area contributed by atoms with Gasteiger partial charge >= 0.3 is 0 Å². The lowest BCUT2D eigenvalue weighted by atomic mass is 9.99. The molecule has 0 unspecified atom stereocenters. The average molecular weight is 352 g/mol. The Morgan fingerprint density at radius 3 is 2.79 bits per heavy atom. The number of rotatable bonds is 5. The lowest BCUT2D eigenvalue weighted by Gasteiger charge is -2.31. The summed E-state index contributed by atoms with van der Waals surface area (Å²) in [5.74, 6) is 2.87. The van der Waals surface area contributed by atoms with Crippen molar-refractivity contribution in [1.29, 1.82) is 0 Å². The van der Waals surface area contributed by atoms with Gasteiger partial charge in [0, 0.05) is 38.4 Å². The maximum absolute atomic E-state index is 12.1. The van der Waals surface area contributed by atoms with Crippen molar-refractivity contribution in [3.8, 4) is 0 Å². The zero-order valence-corrected chi connectivity index (χ0v) is 15.2. The van der Waals surface area contributed by atoms with Gasteiger partial charge in [0.05, 0.1) is 12.3 Å². The van der Waals surface area contributed by atoms with Gasteiger partial charge in [-0.1, -0.05) is 0 Å². The van der Waals surface area contributed by atoms with Gasteiger partial charge in [-0.25, -0.2) is 17.7 Å². The fraction of sp³-hybridized carbons (Fsp3) is 0.667. The molecule has 0 aliphatic carbocycles. The predicted octanol–water partition coefficient (Wildman–Crippen LogP) is 0.897. The van der Waals surface area contributed by atoms with Crippen LogP contribution < -0.4 is 0 Å². The average Bonchev–Trinajstić information content (AvgIpc) is 3.15. The van der Waals surface area contributed by atoms with Crippen molar-refractivity contribution in [1.82, 2.24) is 28.6 Å². The number of sulfonamides is 1. The summed E-state index contributed by atoms with van der Waals surface area (Å²) in [7, 11) is -1.20. The van der Waals surface area contributed by atoms with Crippen LogP contribution in [-0.4, -0.2) is 55.9 Å². The molecule has 9 heteroatoms. The molecule has 1 fully saturated rings. The fourth-order valence-corrected chi connectivity index (χ4v) is 4.36. The minimum atomic E-state index is -3.15. The molecule has 2 aromatic heterocycles. The summed E-state index contributed by atoms with van der Waals surface area (Å²) >= 11 is 0. The van der Waals surface area contributed by atoms with Gasteiger partial charge in [0.2, 0.25) is 10.0 Å². The Balaban J connectivity index is 1.79. The standard InChI is InChI=1S/C15H24N6O2S/c1-4-24(22,23)21-8-5-6-13(10-21)15-18-17-14(19(15)3)11-20-9-7-16-12(20)2/h7,9,13H,4-6,8,10-11H2,1-3H3/t13-/m1/s1. The van der Waals surface area contributed by atoms with E-state index in [4.69, 9.17) is 0 Å². The molecular formula is C15H24N6O2S. The predicted molar refractivity (Wildman–Crippen MR) is 90.1 cm³/mol. The lowest BCUT2D eigenvalue weighted by molar-refractivity contribution is 0.306. The first-order chi connectivity index (χ1) is 11.4. The van der Waals surface area contributed by atoms with Gasteiger partial charge in [-0.2, -0.15) is 0 Å². The number of nitrogens with zero attached hydrogens (tertiary/aromatic N) is 6. The second-order valence-electron chi connectivity index (χ2n) is 6.23. The van der Waals surface area contributed by atoms with Crippen molar-refractivity contribution in [3.63, 3.8) is 0 Å². The Morgan fingerprint density at radius 1 is 1.33 bits per heavy atom. The number of imidazole rings is 1. The van der Waals surface area contributed by atoms with Crippen LogP contribution in [0.15, 0.2) is 12.4 Å². The molecule has 1 aliphatic heterocycles. The smallest absolute Gasteiger partial charge is 0.213 e. The fourth-order valence-electron chi connectivity index (χ4n) is 3.18. The normalized spacial score (nSPS) is 19.7. The van der Waals surface area contributed by atoms with Crippen LogP contribution in [0.4, 0.5) is 0 Å². The van der Waals surface area contributed by atoms with Crippen molar-refractivity contribution < 1.29 is 8.42 Å². The molecule has 24 heavy (non-hydrogen) atoms. The highest BCUT2D eigenvalue weighted by molar-refractivity contribution is 7.89. The molecule has 2 aromatic rings. The van der Waals surface area contributed by atoms with Crippen LogP contribution in [0.1, 0.15) is 43.2 Å². The summed E-state index contributed by atoms with van der Waals surface area (Å²) in [6.45, 7) is 5.34. The monoisotopic (exact) mass is 352 g/mol. The number of hydrogen-bond acceptors (Lipinski definition) is 5. The van der Waals surface area contributed by atoms with Crippen molar-refractivity contribution in [3.05, 3.63) is 29.9 Å². The van der Waals surface area contributed by atoms with Gasteiger partial charge in [0.15, 0.2) is 5.82 Å². The second kappa shape index (κ2) is 6.64. The molecule has 0 bridgehead atoms. The van der Waals surface area contributed by atoms with Crippen LogP contribution in [0, 0.1) is 6.92 Å². The van der Waals surface area contributed by atoms with Crippen molar-refractivity contribution in [2.45, 2.75) is 39.2 Å². The van der Waals surface area contributed by atoms with E-state index in [9.17, 15) is 8.42 Å². The topological polar surface area (TPSA) is 85.9 Å². The van der Waals surface area contributed by atoms with Crippen LogP contribution in [-0.2, 0) is 23.6 Å². The first-order valence-electron chi connectivity index (χ1n) is 8.26. The minimum absolute atomic E-state index is 0.0928. The van der Waals surface area contributed by atoms with Crippen LogP contribution in [0.3, 0.4) is 0 Å². The van der Waals surface area contributed by atoms with Crippen LogP contribution in [0.25, 0.3) is 0 Å². The Bertz CT molecular complexity index is 810. The molecule has 3 rings (SSSR count). The van der Waals surface area contributed by atoms with Gasteiger partial charge in [0.1, 0.15) is 11.6 Å². The second-order valence-corrected chi connectivity index (χ2v) is 8.49.